The van der Waals surface area contributed by atoms with E-state index >= 15 is 0 Å². The van der Waals surface area contributed by atoms with E-state index in [1.54, 1.807) is 16.3 Å². The monoisotopic (exact) mass is 532 g/mol. The minimum atomic E-state index is -0.540. The number of rotatable bonds is 7. The van der Waals surface area contributed by atoms with E-state index in [4.69, 9.17) is 5.73 Å². The van der Waals surface area contributed by atoms with Crippen molar-refractivity contribution in [1.82, 2.24) is 14.4 Å². The summed E-state index contributed by atoms with van der Waals surface area (Å²) in [6.07, 6.45) is 5.64. The van der Waals surface area contributed by atoms with E-state index in [2.05, 4.69) is 40.0 Å². The molecular weight excluding hydrogens is 500 g/mol. The highest BCUT2D eigenvalue weighted by Gasteiger charge is 2.38. The molecule has 1 aromatic heterocycles. The zero-order valence-corrected chi connectivity index (χ0v) is 22.2. The minimum absolute atomic E-state index is 0.0777. The lowest BCUT2D eigenvalue weighted by Crippen LogP contribution is -2.47. The number of likely N-dealkylation sites (N-methyl/N-ethyl adjacent to an activating group) is 1. The molecule has 33 heavy (non-hydrogen) atoms. The molecule has 3 atom stereocenters. The molecule has 0 unspecified atom stereocenters. The number of carbonyl (C=O) groups excluding carboxylic acids is 2. The van der Waals surface area contributed by atoms with Crippen LogP contribution in [0.5, 0.6) is 0 Å². The topological polar surface area (TPSA) is 71.6 Å². The van der Waals surface area contributed by atoms with Gasteiger partial charge in [0.25, 0.3) is 0 Å². The highest BCUT2D eigenvalue weighted by molar-refractivity contribution is 9.10. The van der Waals surface area contributed by atoms with Gasteiger partial charge in [0.15, 0.2) is 0 Å². The van der Waals surface area contributed by atoms with Crippen LogP contribution in [0.2, 0.25) is 0 Å². The molecule has 178 valence electrons. The molecule has 2 aliphatic rings. The molecule has 1 aliphatic carbocycles. The van der Waals surface area contributed by atoms with Crippen molar-refractivity contribution in [2.75, 3.05) is 38.7 Å². The Morgan fingerprint density at radius 2 is 2.03 bits per heavy atom. The molecular formula is C25H33BrN4O2S. The van der Waals surface area contributed by atoms with Crippen LogP contribution in [-0.2, 0) is 11.2 Å². The number of halogens is 1. The van der Waals surface area contributed by atoms with E-state index in [0.29, 0.717) is 13.0 Å². The Balaban J connectivity index is 1.81. The van der Waals surface area contributed by atoms with Crippen molar-refractivity contribution in [3.05, 3.63) is 40.0 Å². The predicted octanol–water partition coefficient (Wildman–Crippen LogP) is 3.86. The van der Waals surface area contributed by atoms with Gasteiger partial charge in [-0.15, -0.1) is 0 Å². The fraction of sp³-hybridized carbons (Fsp3) is 0.520. The molecule has 2 heterocycles. The Labute approximate surface area is 208 Å². The number of nitrogens with zero attached hydrogens (tertiary/aromatic N) is 3. The Hall–Kier alpha value is -1.61. The van der Waals surface area contributed by atoms with Crippen LogP contribution in [0, 0.1) is 5.92 Å². The second kappa shape index (κ2) is 9.94. The summed E-state index contributed by atoms with van der Waals surface area (Å²) < 4.78 is 2.57. The number of amides is 1. The molecule has 0 saturated carbocycles. The number of hydrogen-bond acceptors (Lipinski definition) is 5. The SMILES string of the molecule is CCN(CC)C(=O)[C@@H]1C=C2c3cccc4c3c(c(Br)n4C(=O)[C@@H](N)CCSC)C[C@H]2N(C)C1. The number of benzene rings is 1. The average Bonchev–Trinajstić information content (AvgIpc) is 3.10. The lowest BCUT2D eigenvalue weighted by molar-refractivity contribution is -0.134. The van der Waals surface area contributed by atoms with E-state index in [0.717, 1.165) is 51.9 Å². The molecule has 2 N–H and O–H groups in total. The van der Waals surface area contributed by atoms with E-state index in [1.807, 2.05) is 37.1 Å². The van der Waals surface area contributed by atoms with Gasteiger partial charge >= 0.3 is 0 Å². The third-order valence-electron chi connectivity index (χ3n) is 7.06. The minimum Gasteiger partial charge on any atom is -0.343 e. The Morgan fingerprint density at radius 1 is 1.30 bits per heavy atom. The first-order valence-electron chi connectivity index (χ1n) is 11.7. The van der Waals surface area contributed by atoms with Crippen molar-refractivity contribution in [3.8, 4) is 0 Å². The van der Waals surface area contributed by atoms with Crippen LogP contribution in [0.3, 0.4) is 0 Å². The largest absolute Gasteiger partial charge is 0.343 e. The van der Waals surface area contributed by atoms with Crippen molar-refractivity contribution < 1.29 is 9.59 Å². The number of aromatic nitrogens is 1. The lowest BCUT2D eigenvalue weighted by atomic mass is 9.79. The van der Waals surface area contributed by atoms with Crippen LogP contribution in [0.25, 0.3) is 16.5 Å². The predicted molar refractivity (Wildman–Crippen MR) is 141 cm³/mol. The average molecular weight is 534 g/mol. The third-order valence-corrected chi connectivity index (χ3v) is 8.54. The molecule has 6 nitrogen and oxygen atoms in total. The Bertz CT molecular complexity index is 1110. The number of fused-ring (bicyclic) bond motifs is 2. The van der Waals surface area contributed by atoms with Gasteiger partial charge in [-0.05, 0) is 84.4 Å². The van der Waals surface area contributed by atoms with Crippen molar-refractivity contribution in [2.24, 2.45) is 11.7 Å². The maximum atomic E-state index is 13.3. The van der Waals surface area contributed by atoms with E-state index in [-0.39, 0.29) is 23.8 Å². The molecule has 1 amide bonds. The quantitative estimate of drug-likeness (QED) is 0.586. The highest BCUT2D eigenvalue weighted by Crippen LogP contribution is 2.45. The third kappa shape index (κ3) is 4.20. The summed E-state index contributed by atoms with van der Waals surface area (Å²) in [4.78, 5) is 30.7. The summed E-state index contributed by atoms with van der Waals surface area (Å²) in [6.45, 7) is 6.19. The van der Waals surface area contributed by atoms with Gasteiger partial charge in [-0.2, -0.15) is 11.8 Å². The van der Waals surface area contributed by atoms with Gasteiger partial charge in [0, 0.05) is 31.1 Å². The van der Waals surface area contributed by atoms with Crippen LogP contribution >= 0.6 is 27.7 Å². The molecule has 8 heteroatoms. The van der Waals surface area contributed by atoms with Crippen LogP contribution in [-0.4, -0.2) is 77.0 Å². The number of nitrogens with two attached hydrogens (primary N) is 1. The van der Waals surface area contributed by atoms with E-state index in [9.17, 15) is 9.59 Å². The van der Waals surface area contributed by atoms with Gasteiger partial charge in [0.05, 0.1) is 22.1 Å². The maximum Gasteiger partial charge on any atom is 0.248 e. The molecule has 1 aromatic carbocycles. The van der Waals surface area contributed by atoms with E-state index < -0.39 is 6.04 Å². The number of thioether (sulfide) groups is 1. The van der Waals surface area contributed by atoms with Crippen LogP contribution in [0.4, 0.5) is 0 Å². The molecule has 0 saturated heterocycles. The van der Waals surface area contributed by atoms with Crippen molar-refractivity contribution >= 4 is 56.0 Å². The molecule has 0 spiro atoms. The van der Waals surface area contributed by atoms with Gasteiger partial charge in [0.2, 0.25) is 11.8 Å². The smallest absolute Gasteiger partial charge is 0.248 e. The Morgan fingerprint density at radius 3 is 2.70 bits per heavy atom. The number of hydrogen-bond donors (Lipinski definition) is 1. The summed E-state index contributed by atoms with van der Waals surface area (Å²) in [5, 5.41) is 1.10. The van der Waals surface area contributed by atoms with Gasteiger partial charge in [-0.25, -0.2) is 0 Å². The summed E-state index contributed by atoms with van der Waals surface area (Å²) >= 11 is 5.45. The molecule has 0 radical (unpaired) electrons. The second-order valence-electron chi connectivity index (χ2n) is 8.93. The van der Waals surface area contributed by atoms with Crippen molar-refractivity contribution in [1.29, 1.82) is 0 Å². The fourth-order valence-electron chi connectivity index (χ4n) is 5.27. The van der Waals surface area contributed by atoms with Gasteiger partial charge < -0.3 is 10.6 Å². The number of carbonyl (C=O) groups is 2. The highest BCUT2D eigenvalue weighted by atomic mass is 79.9. The zero-order valence-electron chi connectivity index (χ0n) is 19.8. The molecule has 0 bridgehead atoms. The normalized spacial score (nSPS) is 21.0. The maximum absolute atomic E-state index is 13.3. The second-order valence-corrected chi connectivity index (χ2v) is 10.7. The van der Waals surface area contributed by atoms with E-state index in [1.165, 1.54) is 5.57 Å². The van der Waals surface area contributed by atoms with Gasteiger partial charge in [0.1, 0.15) is 0 Å². The van der Waals surface area contributed by atoms with Crippen molar-refractivity contribution in [2.45, 2.75) is 38.8 Å². The standard InChI is InChI=1S/C25H33BrN4O2S/c1-5-29(6-2)24(31)15-12-17-16-8-7-9-20-22(16)18(13-21(17)28(3)14-15)23(26)30(20)25(32)19(27)10-11-33-4/h7-9,12,15,19,21H,5-6,10-11,13-14,27H2,1-4H3/t15-,19+,21-/m1/s1. The first kappa shape index (κ1) is 24.5. The molecule has 2 aromatic rings. The van der Waals surface area contributed by atoms with Crippen LogP contribution < -0.4 is 5.73 Å². The molecule has 0 fully saturated rings. The molecule has 4 rings (SSSR count). The van der Waals surface area contributed by atoms with Crippen molar-refractivity contribution in [3.63, 3.8) is 0 Å². The summed E-state index contributed by atoms with van der Waals surface area (Å²) in [5.74, 6) is 0.796. The zero-order chi connectivity index (χ0) is 23.9. The van der Waals surface area contributed by atoms with Crippen LogP contribution in [0.1, 0.15) is 36.2 Å². The first-order valence-corrected chi connectivity index (χ1v) is 13.8. The van der Waals surface area contributed by atoms with Gasteiger partial charge in [-0.1, -0.05) is 18.2 Å². The molecule has 1 aliphatic heterocycles. The van der Waals surface area contributed by atoms with Crippen LogP contribution in [0.15, 0.2) is 28.9 Å². The van der Waals surface area contributed by atoms with Gasteiger partial charge in [-0.3, -0.25) is 19.1 Å². The Kier molecular flexibility index (Phi) is 7.38. The summed E-state index contributed by atoms with van der Waals surface area (Å²) in [5.41, 5.74) is 10.6. The lowest BCUT2D eigenvalue weighted by Gasteiger charge is -2.40. The first-order chi connectivity index (χ1) is 15.8. The fourth-order valence-corrected chi connectivity index (χ4v) is 6.48. The summed E-state index contributed by atoms with van der Waals surface area (Å²) in [7, 11) is 2.10. The summed E-state index contributed by atoms with van der Waals surface area (Å²) in [6, 6.07) is 5.76.